The quantitative estimate of drug-likeness (QED) is 0.746. The monoisotopic (exact) mass is 294 g/mol. The Balaban J connectivity index is 1.93. The number of carboxylic acids is 1. The van der Waals surface area contributed by atoms with Crippen LogP contribution in [0.2, 0.25) is 0 Å². The van der Waals surface area contributed by atoms with E-state index >= 15 is 0 Å². The number of nitrogens with one attached hydrogen (secondary N) is 2. The summed E-state index contributed by atoms with van der Waals surface area (Å²) in [5.41, 5.74) is 0.708. The van der Waals surface area contributed by atoms with E-state index in [0.717, 1.165) is 17.7 Å². The molecule has 2 rings (SSSR count). The molecule has 1 aromatic rings. The van der Waals surface area contributed by atoms with E-state index in [4.69, 9.17) is 5.11 Å². The normalized spacial score (nSPS) is 21.4. The highest BCUT2D eigenvalue weighted by atomic mass is 32.2. The van der Waals surface area contributed by atoms with E-state index in [1.165, 1.54) is 0 Å². The number of carbonyl (C=O) groups excluding carboxylic acids is 1. The molecule has 0 aromatic heterocycles. The third-order valence-electron chi connectivity index (χ3n) is 3.48. The molecule has 1 fully saturated rings. The zero-order chi connectivity index (χ0) is 14.5. The van der Waals surface area contributed by atoms with Crippen LogP contribution in [0.5, 0.6) is 0 Å². The standard InChI is InChI=1S/C14H18N2O3S/c1-20-10-5-2-4-9(8-10)15-14(19)16-12-7-3-6-11(12)13(17)18/h2,4-5,8,11-12H,3,6-7H2,1H3,(H,17,18)(H2,15,16,19). The Morgan fingerprint density at radius 3 is 2.85 bits per heavy atom. The predicted molar refractivity (Wildman–Crippen MR) is 79.1 cm³/mol. The summed E-state index contributed by atoms with van der Waals surface area (Å²) in [5, 5.41) is 14.6. The van der Waals surface area contributed by atoms with Gasteiger partial charge in [-0.2, -0.15) is 0 Å². The summed E-state index contributed by atoms with van der Waals surface area (Å²) < 4.78 is 0. The van der Waals surface area contributed by atoms with Crippen molar-refractivity contribution in [2.24, 2.45) is 5.92 Å². The van der Waals surface area contributed by atoms with Crippen molar-refractivity contribution in [1.29, 1.82) is 0 Å². The lowest BCUT2D eigenvalue weighted by Gasteiger charge is -2.18. The van der Waals surface area contributed by atoms with Crippen molar-refractivity contribution < 1.29 is 14.7 Å². The van der Waals surface area contributed by atoms with Crippen LogP contribution < -0.4 is 10.6 Å². The molecule has 1 aliphatic carbocycles. The largest absolute Gasteiger partial charge is 0.481 e. The van der Waals surface area contributed by atoms with Gasteiger partial charge >= 0.3 is 12.0 Å². The smallest absolute Gasteiger partial charge is 0.319 e. The highest BCUT2D eigenvalue weighted by Crippen LogP contribution is 2.26. The van der Waals surface area contributed by atoms with Gasteiger partial charge in [-0.25, -0.2) is 4.79 Å². The molecule has 108 valence electrons. The lowest BCUT2D eigenvalue weighted by atomic mass is 10.0. The van der Waals surface area contributed by atoms with Crippen LogP contribution in [0.4, 0.5) is 10.5 Å². The zero-order valence-corrected chi connectivity index (χ0v) is 12.1. The van der Waals surface area contributed by atoms with Gasteiger partial charge in [0.2, 0.25) is 0 Å². The van der Waals surface area contributed by atoms with E-state index in [1.54, 1.807) is 11.8 Å². The minimum absolute atomic E-state index is 0.281. The fourth-order valence-electron chi connectivity index (χ4n) is 2.46. The minimum Gasteiger partial charge on any atom is -0.481 e. The molecule has 1 aliphatic rings. The van der Waals surface area contributed by atoms with Crippen LogP contribution in [0, 0.1) is 5.92 Å². The molecule has 0 bridgehead atoms. The predicted octanol–water partition coefficient (Wildman–Crippen LogP) is 2.78. The number of carbonyl (C=O) groups is 2. The second-order valence-electron chi connectivity index (χ2n) is 4.81. The van der Waals surface area contributed by atoms with Crippen LogP contribution in [-0.2, 0) is 4.79 Å². The second-order valence-corrected chi connectivity index (χ2v) is 5.69. The number of benzene rings is 1. The number of urea groups is 1. The summed E-state index contributed by atoms with van der Waals surface area (Å²) in [6.07, 6.45) is 4.15. The van der Waals surface area contributed by atoms with Crippen LogP contribution in [0.1, 0.15) is 19.3 Å². The van der Waals surface area contributed by atoms with E-state index in [-0.39, 0.29) is 12.1 Å². The first kappa shape index (κ1) is 14.7. The Morgan fingerprint density at radius 2 is 2.15 bits per heavy atom. The van der Waals surface area contributed by atoms with E-state index in [2.05, 4.69) is 10.6 Å². The molecule has 0 spiro atoms. The molecule has 0 aliphatic heterocycles. The van der Waals surface area contributed by atoms with Crippen LogP contribution in [-0.4, -0.2) is 29.4 Å². The maximum absolute atomic E-state index is 11.9. The topological polar surface area (TPSA) is 78.4 Å². The highest BCUT2D eigenvalue weighted by molar-refractivity contribution is 7.98. The number of rotatable bonds is 4. The second kappa shape index (κ2) is 6.65. The lowest BCUT2D eigenvalue weighted by Crippen LogP contribution is -2.42. The number of hydrogen-bond donors (Lipinski definition) is 3. The molecule has 1 saturated carbocycles. The molecule has 5 nitrogen and oxygen atoms in total. The van der Waals surface area contributed by atoms with Gasteiger partial charge < -0.3 is 15.7 Å². The zero-order valence-electron chi connectivity index (χ0n) is 11.3. The highest BCUT2D eigenvalue weighted by Gasteiger charge is 2.33. The van der Waals surface area contributed by atoms with E-state index < -0.39 is 11.9 Å². The third-order valence-corrected chi connectivity index (χ3v) is 4.20. The van der Waals surface area contributed by atoms with Crippen LogP contribution in [0.3, 0.4) is 0 Å². The van der Waals surface area contributed by atoms with Gasteiger partial charge in [0.15, 0.2) is 0 Å². The SMILES string of the molecule is CSc1cccc(NC(=O)NC2CCCC2C(=O)O)c1. The number of anilines is 1. The van der Waals surface area contributed by atoms with E-state index in [1.807, 2.05) is 30.5 Å². The van der Waals surface area contributed by atoms with Gasteiger partial charge in [-0.3, -0.25) is 4.79 Å². The van der Waals surface area contributed by atoms with Crippen LogP contribution in [0.15, 0.2) is 29.2 Å². The molecule has 0 saturated heterocycles. The van der Waals surface area contributed by atoms with E-state index in [0.29, 0.717) is 12.1 Å². The summed E-state index contributed by atoms with van der Waals surface area (Å²) in [6.45, 7) is 0. The Kier molecular flexibility index (Phi) is 4.89. The first-order valence-electron chi connectivity index (χ1n) is 6.54. The van der Waals surface area contributed by atoms with Crippen LogP contribution in [0.25, 0.3) is 0 Å². The number of carboxylic acid groups (broad SMARTS) is 1. The van der Waals surface area contributed by atoms with Crippen molar-refractivity contribution >= 4 is 29.4 Å². The molecule has 1 aromatic carbocycles. The average Bonchev–Trinajstić information content (AvgIpc) is 2.87. The first-order chi connectivity index (χ1) is 9.60. The number of hydrogen-bond acceptors (Lipinski definition) is 3. The van der Waals surface area contributed by atoms with Crippen molar-refractivity contribution in [3.63, 3.8) is 0 Å². The van der Waals surface area contributed by atoms with Gasteiger partial charge in [-0.1, -0.05) is 12.5 Å². The molecule has 2 atom stereocenters. The maximum atomic E-state index is 11.9. The summed E-state index contributed by atoms with van der Waals surface area (Å²) >= 11 is 1.60. The average molecular weight is 294 g/mol. The van der Waals surface area contributed by atoms with Gasteiger partial charge in [0, 0.05) is 16.6 Å². The van der Waals surface area contributed by atoms with Crippen molar-refractivity contribution in [3.8, 4) is 0 Å². The number of amides is 2. The van der Waals surface area contributed by atoms with Gasteiger partial charge in [0.25, 0.3) is 0 Å². The molecule has 2 amide bonds. The maximum Gasteiger partial charge on any atom is 0.319 e. The van der Waals surface area contributed by atoms with Crippen molar-refractivity contribution in [3.05, 3.63) is 24.3 Å². The van der Waals surface area contributed by atoms with Gasteiger partial charge in [-0.05, 0) is 37.3 Å². The number of aliphatic carboxylic acids is 1. The molecule has 0 heterocycles. The van der Waals surface area contributed by atoms with Crippen LogP contribution >= 0.6 is 11.8 Å². The molecule has 20 heavy (non-hydrogen) atoms. The Bertz CT molecular complexity index is 507. The van der Waals surface area contributed by atoms with Crippen molar-refractivity contribution in [2.45, 2.75) is 30.2 Å². The van der Waals surface area contributed by atoms with Gasteiger partial charge in [0.05, 0.1) is 5.92 Å². The Morgan fingerprint density at radius 1 is 1.35 bits per heavy atom. The lowest BCUT2D eigenvalue weighted by molar-refractivity contribution is -0.142. The molecule has 2 unspecified atom stereocenters. The molecule has 6 heteroatoms. The Hall–Kier alpha value is -1.69. The third kappa shape index (κ3) is 3.66. The summed E-state index contributed by atoms with van der Waals surface area (Å²) in [6, 6.07) is 6.90. The summed E-state index contributed by atoms with van der Waals surface area (Å²) in [7, 11) is 0. The van der Waals surface area contributed by atoms with Crippen molar-refractivity contribution in [1.82, 2.24) is 5.32 Å². The molecule has 0 radical (unpaired) electrons. The minimum atomic E-state index is -0.836. The fourth-order valence-corrected chi connectivity index (χ4v) is 2.92. The fraction of sp³-hybridized carbons (Fsp3) is 0.429. The first-order valence-corrected chi connectivity index (χ1v) is 7.77. The molecular weight excluding hydrogens is 276 g/mol. The summed E-state index contributed by atoms with van der Waals surface area (Å²) in [4.78, 5) is 24.0. The van der Waals surface area contributed by atoms with Gasteiger partial charge in [-0.15, -0.1) is 11.8 Å². The molecule has 3 N–H and O–H groups in total. The van der Waals surface area contributed by atoms with Crippen molar-refractivity contribution in [2.75, 3.05) is 11.6 Å². The number of thioether (sulfide) groups is 1. The molecular formula is C14H18N2O3S. The summed E-state index contributed by atoms with van der Waals surface area (Å²) in [5.74, 6) is -1.31. The van der Waals surface area contributed by atoms with Gasteiger partial charge in [0.1, 0.15) is 0 Å². The Labute approximate surface area is 122 Å². The van der Waals surface area contributed by atoms with E-state index in [9.17, 15) is 9.59 Å².